The van der Waals surface area contributed by atoms with Crippen LogP contribution in [0.5, 0.6) is 5.75 Å². The zero-order valence-electron chi connectivity index (χ0n) is 20.6. The van der Waals surface area contributed by atoms with E-state index in [4.69, 9.17) is 9.47 Å². The second kappa shape index (κ2) is 12.4. The lowest BCUT2D eigenvalue weighted by molar-refractivity contribution is -0.135. The molecule has 0 aliphatic carbocycles. The summed E-state index contributed by atoms with van der Waals surface area (Å²) >= 11 is 0. The highest BCUT2D eigenvalue weighted by Crippen LogP contribution is 2.26. The van der Waals surface area contributed by atoms with Crippen LogP contribution in [-0.2, 0) is 9.53 Å². The molecular formula is C24H38N4O5. The van der Waals surface area contributed by atoms with Gasteiger partial charge in [-0.05, 0) is 31.5 Å². The second-order valence-electron chi connectivity index (χ2n) is 8.59. The number of carbonyl (C=O) groups excluding carboxylic acids is 3. The van der Waals surface area contributed by atoms with Crippen molar-refractivity contribution in [3.05, 3.63) is 23.8 Å². The Morgan fingerprint density at radius 2 is 1.94 bits per heavy atom. The molecule has 1 aliphatic rings. The summed E-state index contributed by atoms with van der Waals surface area (Å²) in [5, 5.41) is 5.51. The van der Waals surface area contributed by atoms with Crippen molar-refractivity contribution in [2.75, 3.05) is 45.7 Å². The molecule has 3 atom stereocenters. The van der Waals surface area contributed by atoms with Crippen molar-refractivity contribution in [1.29, 1.82) is 0 Å². The molecule has 2 rings (SSSR count). The van der Waals surface area contributed by atoms with Gasteiger partial charge in [0.05, 0.1) is 17.7 Å². The van der Waals surface area contributed by atoms with E-state index in [-0.39, 0.29) is 42.5 Å². The number of nitrogens with one attached hydrogen (secondary N) is 2. The summed E-state index contributed by atoms with van der Waals surface area (Å²) in [6.45, 7) is 9.44. The van der Waals surface area contributed by atoms with Crippen LogP contribution in [-0.4, -0.2) is 80.2 Å². The van der Waals surface area contributed by atoms with Crippen molar-refractivity contribution in [2.24, 2.45) is 5.92 Å². The van der Waals surface area contributed by atoms with E-state index < -0.39 is 0 Å². The Morgan fingerprint density at radius 1 is 1.21 bits per heavy atom. The summed E-state index contributed by atoms with van der Waals surface area (Å²) in [6, 6.07) is 4.48. The normalized spacial score (nSPS) is 21.9. The number of urea groups is 1. The first-order chi connectivity index (χ1) is 15.7. The van der Waals surface area contributed by atoms with Gasteiger partial charge in [-0.2, -0.15) is 0 Å². The highest BCUT2D eigenvalue weighted by atomic mass is 16.5. The van der Waals surface area contributed by atoms with Gasteiger partial charge in [-0.3, -0.25) is 9.59 Å². The third kappa shape index (κ3) is 7.08. The number of amides is 4. The van der Waals surface area contributed by atoms with Crippen LogP contribution in [0.3, 0.4) is 0 Å². The maximum Gasteiger partial charge on any atom is 0.319 e. The molecule has 1 heterocycles. The van der Waals surface area contributed by atoms with Gasteiger partial charge in [-0.1, -0.05) is 20.8 Å². The van der Waals surface area contributed by atoms with E-state index in [2.05, 4.69) is 10.6 Å². The highest BCUT2D eigenvalue weighted by Gasteiger charge is 2.30. The molecule has 1 aromatic carbocycles. The lowest BCUT2D eigenvalue weighted by Crippen LogP contribution is -2.48. The number of benzene rings is 1. The van der Waals surface area contributed by atoms with Crippen LogP contribution in [0.25, 0.3) is 0 Å². The number of rotatable bonds is 5. The average molecular weight is 463 g/mol. The van der Waals surface area contributed by atoms with Gasteiger partial charge >= 0.3 is 6.03 Å². The average Bonchev–Trinajstić information content (AvgIpc) is 2.81. The van der Waals surface area contributed by atoms with E-state index >= 15 is 0 Å². The number of methoxy groups -OCH3 is 1. The molecule has 9 nitrogen and oxygen atoms in total. The molecule has 2 N–H and O–H groups in total. The fourth-order valence-corrected chi connectivity index (χ4v) is 3.82. The number of anilines is 1. The minimum Gasteiger partial charge on any atom is -0.491 e. The van der Waals surface area contributed by atoms with Gasteiger partial charge in [0.25, 0.3) is 5.91 Å². The molecule has 33 heavy (non-hydrogen) atoms. The van der Waals surface area contributed by atoms with Gasteiger partial charge in [0.15, 0.2) is 0 Å². The van der Waals surface area contributed by atoms with Crippen molar-refractivity contribution in [3.8, 4) is 5.75 Å². The Balaban J connectivity index is 2.39. The van der Waals surface area contributed by atoms with Crippen molar-refractivity contribution < 1.29 is 23.9 Å². The lowest BCUT2D eigenvalue weighted by Gasteiger charge is -2.36. The highest BCUT2D eigenvalue weighted by molar-refractivity contribution is 5.99. The Kier molecular flexibility index (Phi) is 9.96. The SMILES string of the molecule is CCCNC(=O)Nc1ccc2c(c1)C(=O)N(C)C[C@@H](OC)[C@H](C)CN(C(=O)CC)[C@@H](C)CO2. The molecule has 184 valence electrons. The zero-order chi connectivity index (χ0) is 24.5. The van der Waals surface area contributed by atoms with Crippen molar-refractivity contribution in [3.63, 3.8) is 0 Å². The van der Waals surface area contributed by atoms with E-state index in [0.717, 1.165) is 6.42 Å². The van der Waals surface area contributed by atoms with E-state index in [1.165, 1.54) is 0 Å². The monoisotopic (exact) mass is 462 g/mol. The first-order valence-corrected chi connectivity index (χ1v) is 11.6. The molecule has 0 bridgehead atoms. The summed E-state index contributed by atoms with van der Waals surface area (Å²) in [6.07, 6.45) is 0.978. The van der Waals surface area contributed by atoms with Crippen LogP contribution in [0, 0.1) is 5.92 Å². The molecule has 9 heteroatoms. The van der Waals surface area contributed by atoms with Gasteiger partial charge in [-0.25, -0.2) is 4.79 Å². The minimum absolute atomic E-state index is 0.0114. The lowest BCUT2D eigenvalue weighted by atomic mass is 10.0. The summed E-state index contributed by atoms with van der Waals surface area (Å²) in [5.74, 6) is 0.237. The smallest absolute Gasteiger partial charge is 0.319 e. The van der Waals surface area contributed by atoms with Crippen molar-refractivity contribution >= 4 is 23.5 Å². The molecule has 0 fully saturated rings. The van der Waals surface area contributed by atoms with Gasteiger partial charge in [0.1, 0.15) is 12.4 Å². The number of carbonyl (C=O) groups is 3. The predicted molar refractivity (Wildman–Crippen MR) is 128 cm³/mol. The second-order valence-corrected chi connectivity index (χ2v) is 8.59. The fraction of sp³-hybridized carbons (Fsp3) is 0.625. The Morgan fingerprint density at radius 3 is 2.58 bits per heavy atom. The van der Waals surface area contributed by atoms with Crippen LogP contribution in [0.4, 0.5) is 10.5 Å². The number of likely N-dealkylation sites (N-methyl/N-ethyl adjacent to an activating group) is 1. The van der Waals surface area contributed by atoms with Crippen LogP contribution in [0.15, 0.2) is 18.2 Å². The molecule has 0 unspecified atom stereocenters. The molecule has 0 radical (unpaired) electrons. The van der Waals surface area contributed by atoms with E-state index in [9.17, 15) is 14.4 Å². The first kappa shape index (κ1) is 26.4. The van der Waals surface area contributed by atoms with E-state index in [1.54, 1.807) is 37.3 Å². The first-order valence-electron chi connectivity index (χ1n) is 11.6. The maximum absolute atomic E-state index is 13.3. The number of nitrogens with zero attached hydrogens (tertiary/aromatic N) is 2. The maximum atomic E-state index is 13.3. The van der Waals surface area contributed by atoms with Gasteiger partial charge in [0.2, 0.25) is 5.91 Å². The predicted octanol–water partition coefficient (Wildman–Crippen LogP) is 2.96. The third-order valence-electron chi connectivity index (χ3n) is 5.86. The minimum atomic E-state index is -0.331. The van der Waals surface area contributed by atoms with E-state index in [1.807, 2.05) is 32.6 Å². The summed E-state index contributed by atoms with van der Waals surface area (Å²) < 4.78 is 11.7. The van der Waals surface area contributed by atoms with Crippen LogP contribution >= 0.6 is 0 Å². The molecule has 0 aromatic heterocycles. The van der Waals surface area contributed by atoms with E-state index in [0.29, 0.717) is 43.1 Å². The van der Waals surface area contributed by atoms with Crippen LogP contribution in [0.2, 0.25) is 0 Å². The number of hydrogen-bond acceptors (Lipinski definition) is 5. The molecule has 1 aromatic rings. The quantitative estimate of drug-likeness (QED) is 0.701. The molecule has 4 amide bonds. The summed E-state index contributed by atoms with van der Waals surface area (Å²) in [4.78, 5) is 41.5. The van der Waals surface area contributed by atoms with Gasteiger partial charge < -0.3 is 29.9 Å². The fourth-order valence-electron chi connectivity index (χ4n) is 3.82. The van der Waals surface area contributed by atoms with Crippen LogP contribution in [0.1, 0.15) is 50.9 Å². The molecule has 0 saturated heterocycles. The van der Waals surface area contributed by atoms with Crippen molar-refractivity contribution in [2.45, 2.75) is 52.7 Å². The zero-order valence-corrected chi connectivity index (χ0v) is 20.6. The van der Waals surface area contributed by atoms with Gasteiger partial charge in [-0.15, -0.1) is 0 Å². The standard InChI is InChI=1S/C24H38N4O5/c1-7-11-25-24(31)26-18-9-10-20-19(12-18)23(30)27(5)14-21(32-6)16(3)13-28(22(29)8-2)17(4)15-33-20/h9-10,12,16-17,21H,7-8,11,13-15H2,1-6H3,(H2,25,26,31)/t16-,17+,21-/m1/s1. The number of fused-ring (bicyclic) bond motifs is 1. The molecule has 0 saturated carbocycles. The summed E-state index contributed by atoms with van der Waals surface area (Å²) in [5.41, 5.74) is 0.835. The Hall–Kier alpha value is -2.81. The molecular weight excluding hydrogens is 424 g/mol. The van der Waals surface area contributed by atoms with Crippen LogP contribution < -0.4 is 15.4 Å². The summed E-state index contributed by atoms with van der Waals surface area (Å²) in [7, 11) is 3.33. The third-order valence-corrected chi connectivity index (χ3v) is 5.86. The van der Waals surface area contributed by atoms with Gasteiger partial charge in [0, 0.05) is 51.8 Å². The molecule has 1 aliphatic heterocycles. The Bertz CT molecular complexity index is 831. The largest absolute Gasteiger partial charge is 0.491 e. The molecule has 0 spiro atoms. The number of hydrogen-bond donors (Lipinski definition) is 2. The topological polar surface area (TPSA) is 100 Å². The Labute approximate surface area is 196 Å². The number of ether oxygens (including phenoxy) is 2. The van der Waals surface area contributed by atoms with Crippen molar-refractivity contribution in [1.82, 2.24) is 15.1 Å².